The minimum Gasteiger partial charge on any atom is -0.478 e. The summed E-state index contributed by atoms with van der Waals surface area (Å²) in [4.78, 5) is 14.9. The Bertz CT molecular complexity index is 1220. The van der Waals surface area contributed by atoms with Crippen LogP contribution in [0.25, 0.3) is 0 Å². The lowest BCUT2D eigenvalue weighted by Crippen LogP contribution is -2.39. The van der Waals surface area contributed by atoms with Crippen molar-refractivity contribution in [3.63, 3.8) is 0 Å². The van der Waals surface area contributed by atoms with Crippen molar-refractivity contribution in [2.75, 3.05) is 19.8 Å². The summed E-state index contributed by atoms with van der Waals surface area (Å²) in [5.41, 5.74) is 2.68. The SMILES string of the molecule is CC(CC1=N[C@H](c2ccccc2)CO1)(C1=N[C@H](c2ccccc2)CO1)C1=N[C@H](c2ccccc2)CO1. The van der Waals surface area contributed by atoms with Crippen molar-refractivity contribution in [2.45, 2.75) is 31.5 Å². The highest BCUT2D eigenvalue weighted by atomic mass is 16.5. The van der Waals surface area contributed by atoms with Crippen LogP contribution in [0.5, 0.6) is 0 Å². The fraction of sp³-hybridized carbons (Fsp3) is 0.300. The van der Waals surface area contributed by atoms with Gasteiger partial charge >= 0.3 is 0 Å². The highest BCUT2D eigenvalue weighted by molar-refractivity contribution is 6.08. The van der Waals surface area contributed by atoms with E-state index in [4.69, 9.17) is 29.2 Å². The van der Waals surface area contributed by atoms with E-state index < -0.39 is 5.41 Å². The Labute approximate surface area is 211 Å². The van der Waals surface area contributed by atoms with Crippen molar-refractivity contribution in [3.05, 3.63) is 108 Å². The zero-order valence-corrected chi connectivity index (χ0v) is 20.3. The van der Waals surface area contributed by atoms with Gasteiger partial charge in [0, 0.05) is 6.42 Å². The minimum atomic E-state index is -0.725. The zero-order valence-electron chi connectivity index (χ0n) is 20.3. The molecule has 3 aromatic rings. The molecule has 3 aromatic carbocycles. The number of benzene rings is 3. The van der Waals surface area contributed by atoms with E-state index in [0.717, 1.165) is 16.7 Å². The summed E-state index contributed by atoms with van der Waals surface area (Å²) in [5.74, 6) is 1.92. The van der Waals surface area contributed by atoms with Crippen LogP contribution in [0.15, 0.2) is 106 Å². The van der Waals surface area contributed by atoms with Crippen molar-refractivity contribution in [1.82, 2.24) is 0 Å². The summed E-state index contributed by atoms with van der Waals surface area (Å²) < 4.78 is 18.6. The fourth-order valence-corrected chi connectivity index (χ4v) is 4.95. The number of ether oxygens (including phenoxy) is 3. The molecule has 182 valence electrons. The van der Waals surface area contributed by atoms with Crippen LogP contribution in [0.1, 0.15) is 48.2 Å². The van der Waals surface area contributed by atoms with Crippen molar-refractivity contribution >= 4 is 17.7 Å². The molecule has 0 unspecified atom stereocenters. The largest absolute Gasteiger partial charge is 0.478 e. The fourth-order valence-electron chi connectivity index (χ4n) is 4.95. The van der Waals surface area contributed by atoms with Gasteiger partial charge < -0.3 is 14.2 Å². The van der Waals surface area contributed by atoms with Crippen molar-refractivity contribution in [3.8, 4) is 0 Å². The lowest BCUT2D eigenvalue weighted by molar-refractivity contribution is 0.252. The predicted molar refractivity (Wildman–Crippen MR) is 140 cm³/mol. The maximum absolute atomic E-state index is 6.24. The van der Waals surface area contributed by atoms with Crippen molar-refractivity contribution in [1.29, 1.82) is 0 Å². The van der Waals surface area contributed by atoms with Crippen LogP contribution in [0.2, 0.25) is 0 Å². The number of rotatable bonds is 7. The maximum atomic E-state index is 6.24. The first kappa shape index (κ1) is 22.5. The first-order valence-corrected chi connectivity index (χ1v) is 12.5. The third kappa shape index (κ3) is 4.39. The molecule has 0 aliphatic carbocycles. The molecular formula is C30H29N3O3. The van der Waals surface area contributed by atoms with Gasteiger partial charge in [0.2, 0.25) is 0 Å². The van der Waals surface area contributed by atoms with Crippen molar-refractivity contribution < 1.29 is 14.2 Å². The predicted octanol–water partition coefficient (Wildman–Crippen LogP) is 5.89. The molecule has 3 aliphatic heterocycles. The topological polar surface area (TPSA) is 64.8 Å². The average molecular weight is 480 g/mol. The number of aliphatic imine (C=N–C) groups is 3. The molecule has 3 heterocycles. The van der Waals surface area contributed by atoms with E-state index in [2.05, 4.69) is 43.3 Å². The Morgan fingerprint density at radius 2 is 0.972 bits per heavy atom. The van der Waals surface area contributed by atoms with Gasteiger partial charge in [-0.2, -0.15) is 0 Å². The van der Waals surface area contributed by atoms with Crippen LogP contribution in [-0.2, 0) is 14.2 Å². The van der Waals surface area contributed by atoms with Crippen LogP contribution < -0.4 is 0 Å². The molecule has 0 radical (unpaired) electrons. The van der Waals surface area contributed by atoms with Crippen LogP contribution in [0.4, 0.5) is 0 Å². The van der Waals surface area contributed by atoms with Gasteiger partial charge in [0.05, 0.1) is 0 Å². The molecule has 0 fully saturated rings. The second-order valence-corrected chi connectivity index (χ2v) is 9.61. The summed E-state index contributed by atoms with van der Waals surface area (Å²) in [6.07, 6.45) is 0.469. The molecule has 0 saturated heterocycles. The first-order chi connectivity index (χ1) is 17.7. The van der Waals surface area contributed by atoms with Gasteiger partial charge in [-0.05, 0) is 23.6 Å². The monoisotopic (exact) mass is 479 g/mol. The van der Waals surface area contributed by atoms with E-state index in [9.17, 15) is 0 Å². The van der Waals surface area contributed by atoms with E-state index in [1.54, 1.807) is 0 Å². The molecule has 36 heavy (non-hydrogen) atoms. The summed E-state index contributed by atoms with van der Waals surface area (Å²) in [6.45, 7) is 3.58. The molecule has 0 saturated carbocycles. The lowest BCUT2D eigenvalue weighted by atomic mass is 9.85. The highest BCUT2D eigenvalue weighted by Gasteiger charge is 2.47. The third-order valence-corrected chi connectivity index (χ3v) is 7.01. The minimum absolute atomic E-state index is 0.0162. The van der Waals surface area contributed by atoms with E-state index in [1.165, 1.54) is 0 Å². The molecule has 0 spiro atoms. The van der Waals surface area contributed by atoms with E-state index in [0.29, 0.717) is 43.9 Å². The standard InChI is InChI=1S/C30H29N3O3/c1-30(28-32-25(19-35-28)22-13-7-3-8-14-22,29-33-26(20-36-29)23-15-9-4-10-16-23)17-27-31-24(18-34-27)21-11-5-2-6-12-21/h2-16,24-26H,17-20H2,1H3/t24-,25-,26-/m0/s1. The summed E-state index contributed by atoms with van der Waals surface area (Å²) >= 11 is 0. The maximum Gasteiger partial charge on any atom is 0.200 e. The number of hydrogen-bond acceptors (Lipinski definition) is 6. The molecule has 0 amide bonds. The molecule has 6 nitrogen and oxygen atoms in total. The number of hydrogen-bond donors (Lipinski definition) is 0. The Hall–Kier alpha value is -3.93. The third-order valence-electron chi connectivity index (χ3n) is 7.01. The normalized spacial score (nSPS) is 23.2. The van der Waals surface area contributed by atoms with Crippen molar-refractivity contribution in [2.24, 2.45) is 20.4 Å². The second-order valence-electron chi connectivity index (χ2n) is 9.61. The van der Waals surface area contributed by atoms with Gasteiger partial charge in [-0.3, -0.25) is 0 Å². The van der Waals surface area contributed by atoms with Gasteiger partial charge in [0.1, 0.15) is 43.4 Å². The smallest absolute Gasteiger partial charge is 0.200 e. The molecule has 0 N–H and O–H groups in total. The van der Waals surface area contributed by atoms with Gasteiger partial charge in [-0.25, -0.2) is 15.0 Å². The van der Waals surface area contributed by atoms with Crippen LogP contribution in [0.3, 0.4) is 0 Å². The summed E-state index contributed by atoms with van der Waals surface area (Å²) in [6, 6.07) is 30.6. The van der Waals surface area contributed by atoms with Crippen LogP contribution in [0, 0.1) is 5.41 Å². The molecule has 6 rings (SSSR count). The highest BCUT2D eigenvalue weighted by Crippen LogP contribution is 2.39. The average Bonchev–Trinajstić information content (AvgIpc) is 3.72. The van der Waals surface area contributed by atoms with Crippen LogP contribution in [-0.4, -0.2) is 37.5 Å². The van der Waals surface area contributed by atoms with E-state index in [1.807, 2.05) is 54.6 Å². The van der Waals surface area contributed by atoms with Gasteiger partial charge in [-0.15, -0.1) is 0 Å². The van der Waals surface area contributed by atoms with Gasteiger partial charge in [-0.1, -0.05) is 91.0 Å². The second kappa shape index (κ2) is 9.61. The first-order valence-electron chi connectivity index (χ1n) is 12.5. The number of nitrogens with zero attached hydrogens (tertiary/aromatic N) is 3. The zero-order chi connectivity index (χ0) is 24.4. The molecule has 3 atom stereocenters. The molecule has 0 aromatic heterocycles. The van der Waals surface area contributed by atoms with Gasteiger partial charge in [0.25, 0.3) is 0 Å². The Balaban J connectivity index is 1.32. The quantitative estimate of drug-likeness (QED) is 0.424. The molecule has 6 heteroatoms. The van der Waals surface area contributed by atoms with E-state index >= 15 is 0 Å². The molecule has 3 aliphatic rings. The lowest BCUT2D eigenvalue weighted by Gasteiger charge is -2.27. The summed E-state index contributed by atoms with van der Waals surface area (Å²) in [7, 11) is 0. The van der Waals surface area contributed by atoms with Gasteiger partial charge in [0.15, 0.2) is 17.7 Å². The van der Waals surface area contributed by atoms with Crippen LogP contribution >= 0.6 is 0 Å². The molecule has 0 bridgehead atoms. The Kier molecular flexibility index (Phi) is 6.01. The van der Waals surface area contributed by atoms with E-state index in [-0.39, 0.29) is 18.1 Å². The summed E-state index contributed by atoms with van der Waals surface area (Å²) in [5, 5.41) is 0. The molecular weight excluding hydrogens is 450 g/mol. The Morgan fingerprint density at radius 3 is 1.42 bits per heavy atom. The Morgan fingerprint density at radius 1 is 0.583 bits per heavy atom.